The molecule has 0 unspecified atom stereocenters. The largest absolute Gasteiger partial charge is 0.376 e. The molecule has 1 aliphatic carbocycles. The number of hydrogen-bond acceptors (Lipinski definition) is 3. The van der Waals surface area contributed by atoms with Gasteiger partial charge < -0.3 is 10.1 Å². The fourth-order valence-electron chi connectivity index (χ4n) is 2.24. The number of carbonyl (C=O) groups excluding carboxylic acids is 1. The molecule has 0 spiro atoms. The molecule has 0 bridgehead atoms. The number of benzene rings is 1. The van der Waals surface area contributed by atoms with Crippen LogP contribution in [0, 0.1) is 0 Å². The summed E-state index contributed by atoms with van der Waals surface area (Å²) in [5.74, 6) is -0.104. The van der Waals surface area contributed by atoms with Gasteiger partial charge in [-0.05, 0) is 31.0 Å². The molecule has 0 atom stereocenters. The normalized spacial score (nSPS) is 15.7. The summed E-state index contributed by atoms with van der Waals surface area (Å²) in [5.41, 5.74) is 0.590. The Morgan fingerprint density at radius 3 is 2.84 bits per heavy atom. The summed E-state index contributed by atoms with van der Waals surface area (Å²) >= 11 is 7.65. The standard InChI is InChI=1S/C14H18BrNO2S/c15-10-5-6-12(13(19)9-10)14(17)16-7-8-18-11-3-1-2-4-11/h5-6,9,11,19H,1-4,7-8H2,(H,16,17). The lowest BCUT2D eigenvalue weighted by Crippen LogP contribution is -2.28. The quantitative estimate of drug-likeness (QED) is 0.635. The number of hydrogen-bond donors (Lipinski definition) is 2. The Hall–Kier alpha value is -0.520. The van der Waals surface area contributed by atoms with E-state index in [1.54, 1.807) is 6.07 Å². The minimum Gasteiger partial charge on any atom is -0.376 e. The molecule has 1 aromatic rings. The number of amides is 1. The van der Waals surface area contributed by atoms with E-state index in [-0.39, 0.29) is 5.91 Å². The summed E-state index contributed by atoms with van der Waals surface area (Å²) < 4.78 is 6.61. The average molecular weight is 344 g/mol. The first-order chi connectivity index (χ1) is 9.16. The first kappa shape index (κ1) is 14.9. The molecule has 104 valence electrons. The van der Waals surface area contributed by atoms with Gasteiger partial charge in [0.15, 0.2) is 0 Å². The molecule has 1 N–H and O–H groups in total. The highest BCUT2D eigenvalue weighted by atomic mass is 79.9. The number of thiol groups is 1. The van der Waals surface area contributed by atoms with Crippen molar-refractivity contribution in [2.24, 2.45) is 0 Å². The second kappa shape index (κ2) is 7.31. The van der Waals surface area contributed by atoms with Gasteiger partial charge >= 0.3 is 0 Å². The molecule has 1 saturated carbocycles. The maximum atomic E-state index is 11.9. The van der Waals surface area contributed by atoms with Gasteiger partial charge in [-0.1, -0.05) is 28.8 Å². The average Bonchev–Trinajstić information content (AvgIpc) is 2.87. The summed E-state index contributed by atoms with van der Waals surface area (Å²) in [6.07, 6.45) is 5.23. The molecule has 19 heavy (non-hydrogen) atoms. The number of nitrogens with one attached hydrogen (secondary N) is 1. The van der Waals surface area contributed by atoms with E-state index in [9.17, 15) is 4.79 Å². The number of carbonyl (C=O) groups is 1. The van der Waals surface area contributed by atoms with E-state index in [2.05, 4.69) is 33.9 Å². The van der Waals surface area contributed by atoms with Gasteiger partial charge in [0.05, 0.1) is 18.3 Å². The van der Waals surface area contributed by atoms with Crippen molar-refractivity contribution in [1.82, 2.24) is 5.32 Å². The Morgan fingerprint density at radius 1 is 1.42 bits per heavy atom. The lowest BCUT2D eigenvalue weighted by Gasteiger charge is -2.12. The van der Waals surface area contributed by atoms with Gasteiger partial charge in [0, 0.05) is 15.9 Å². The Morgan fingerprint density at radius 2 is 2.16 bits per heavy atom. The second-order valence-corrected chi connectivity index (χ2v) is 6.09. The maximum absolute atomic E-state index is 11.9. The van der Waals surface area contributed by atoms with Crippen LogP contribution < -0.4 is 5.32 Å². The van der Waals surface area contributed by atoms with Gasteiger partial charge in [0.25, 0.3) is 5.91 Å². The van der Waals surface area contributed by atoms with E-state index < -0.39 is 0 Å². The molecule has 3 nitrogen and oxygen atoms in total. The highest BCUT2D eigenvalue weighted by molar-refractivity contribution is 9.10. The van der Waals surface area contributed by atoms with E-state index in [0.29, 0.717) is 29.7 Å². The van der Waals surface area contributed by atoms with Crippen molar-refractivity contribution in [2.45, 2.75) is 36.7 Å². The van der Waals surface area contributed by atoms with Gasteiger partial charge in [-0.25, -0.2) is 0 Å². The molecule has 0 aliphatic heterocycles. The fourth-order valence-corrected chi connectivity index (χ4v) is 3.09. The van der Waals surface area contributed by atoms with Gasteiger partial charge in [-0.15, -0.1) is 12.6 Å². The molecule has 2 rings (SSSR count). The zero-order valence-electron chi connectivity index (χ0n) is 10.7. The van der Waals surface area contributed by atoms with Crippen LogP contribution in [0.4, 0.5) is 0 Å². The van der Waals surface area contributed by atoms with Gasteiger partial charge in [0.2, 0.25) is 0 Å². The highest BCUT2D eigenvalue weighted by Gasteiger charge is 2.15. The van der Waals surface area contributed by atoms with E-state index in [4.69, 9.17) is 4.74 Å². The van der Waals surface area contributed by atoms with Crippen LogP contribution in [0.2, 0.25) is 0 Å². The summed E-state index contributed by atoms with van der Waals surface area (Å²) in [7, 11) is 0. The van der Waals surface area contributed by atoms with E-state index >= 15 is 0 Å². The van der Waals surface area contributed by atoms with Crippen molar-refractivity contribution >= 4 is 34.5 Å². The zero-order valence-corrected chi connectivity index (χ0v) is 13.2. The van der Waals surface area contributed by atoms with E-state index in [1.165, 1.54) is 12.8 Å². The van der Waals surface area contributed by atoms with Gasteiger partial charge in [0.1, 0.15) is 0 Å². The predicted octanol–water partition coefficient (Wildman–Crippen LogP) is 3.43. The molecule has 1 fully saturated rings. The molecule has 1 amide bonds. The number of ether oxygens (including phenoxy) is 1. The van der Waals surface area contributed by atoms with Crippen LogP contribution in [-0.2, 0) is 4.74 Å². The molecule has 0 saturated heterocycles. The first-order valence-corrected chi connectivity index (χ1v) is 7.79. The highest BCUT2D eigenvalue weighted by Crippen LogP contribution is 2.21. The number of rotatable bonds is 5. The zero-order chi connectivity index (χ0) is 13.7. The van der Waals surface area contributed by atoms with Crippen LogP contribution in [0.3, 0.4) is 0 Å². The van der Waals surface area contributed by atoms with Crippen molar-refractivity contribution in [3.8, 4) is 0 Å². The smallest absolute Gasteiger partial charge is 0.252 e. The van der Waals surface area contributed by atoms with Crippen LogP contribution >= 0.6 is 28.6 Å². The Kier molecular flexibility index (Phi) is 5.73. The maximum Gasteiger partial charge on any atom is 0.252 e. The minimum atomic E-state index is -0.104. The molecular weight excluding hydrogens is 326 g/mol. The predicted molar refractivity (Wildman–Crippen MR) is 81.9 cm³/mol. The Balaban J connectivity index is 1.74. The van der Waals surface area contributed by atoms with Gasteiger partial charge in [-0.3, -0.25) is 4.79 Å². The lowest BCUT2D eigenvalue weighted by molar-refractivity contribution is 0.0581. The molecule has 0 aromatic heterocycles. The Bertz CT molecular complexity index is 447. The van der Waals surface area contributed by atoms with E-state index in [0.717, 1.165) is 17.3 Å². The van der Waals surface area contributed by atoms with Crippen molar-refractivity contribution in [1.29, 1.82) is 0 Å². The van der Waals surface area contributed by atoms with Crippen LogP contribution in [0.1, 0.15) is 36.0 Å². The topological polar surface area (TPSA) is 38.3 Å². The Labute approximate surface area is 127 Å². The number of halogens is 1. The summed E-state index contributed by atoms with van der Waals surface area (Å²) in [4.78, 5) is 12.6. The van der Waals surface area contributed by atoms with Crippen LogP contribution in [0.5, 0.6) is 0 Å². The molecule has 1 aliphatic rings. The van der Waals surface area contributed by atoms with Crippen LogP contribution in [0.15, 0.2) is 27.6 Å². The SMILES string of the molecule is O=C(NCCOC1CCCC1)c1ccc(Br)cc1S. The molecular formula is C14H18BrNO2S. The third kappa shape index (κ3) is 4.51. The molecule has 5 heteroatoms. The summed E-state index contributed by atoms with van der Waals surface area (Å²) in [6, 6.07) is 5.41. The fraction of sp³-hybridized carbons (Fsp3) is 0.500. The van der Waals surface area contributed by atoms with Gasteiger partial charge in [-0.2, -0.15) is 0 Å². The summed E-state index contributed by atoms with van der Waals surface area (Å²) in [5, 5.41) is 2.86. The molecule has 0 heterocycles. The molecule has 0 radical (unpaired) electrons. The minimum absolute atomic E-state index is 0.104. The van der Waals surface area contributed by atoms with Crippen molar-refractivity contribution in [3.05, 3.63) is 28.2 Å². The third-order valence-electron chi connectivity index (χ3n) is 3.25. The first-order valence-electron chi connectivity index (χ1n) is 6.55. The lowest BCUT2D eigenvalue weighted by atomic mass is 10.2. The monoisotopic (exact) mass is 343 g/mol. The van der Waals surface area contributed by atoms with E-state index in [1.807, 2.05) is 12.1 Å². The van der Waals surface area contributed by atoms with Crippen molar-refractivity contribution in [3.63, 3.8) is 0 Å². The summed E-state index contributed by atoms with van der Waals surface area (Å²) in [6.45, 7) is 1.12. The second-order valence-electron chi connectivity index (χ2n) is 4.69. The van der Waals surface area contributed by atoms with Crippen molar-refractivity contribution in [2.75, 3.05) is 13.2 Å². The van der Waals surface area contributed by atoms with Crippen molar-refractivity contribution < 1.29 is 9.53 Å². The van der Waals surface area contributed by atoms with Crippen LogP contribution in [0.25, 0.3) is 0 Å². The van der Waals surface area contributed by atoms with Crippen LogP contribution in [-0.4, -0.2) is 25.2 Å². The third-order valence-corrected chi connectivity index (χ3v) is 4.11. The molecule has 1 aromatic carbocycles.